The third kappa shape index (κ3) is 7.31. The van der Waals surface area contributed by atoms with Crippen molar-refractivity contribution in [3.8, 4) is 0 Å². The zero-order chi connectivity index (χ0) is 16.8. The third-order valence-electron chi connectivity index (χ3n) is 2.69. The maximum atomic E-state index is 11.9. The van der Waals surface area contributed by atoms with Gasteiger partial charge in [0.05, 0.1) is 0 Å². The largest absolute Gasteiger partial charge is 0.350 e. The Kier molecular flexibility index (Phi) is 7.42. The molecule has 0 radical (unpaired) electrons. The second-order valence-corrected chi connectivity index (χ2v) is 8.05. The Balaban J connectivity index is 2.34. The van der Waals surface area contributed by atoms with Gasteiger partial charge in [0.15, 0.2) is 0 Å². The fourth-order valence-corrected chi connectivity index (χ4v) is 3.19. The van der Waals surface area contributed by atoms with Gasteiger partial charge in [0.25, 0.3) is 0 Å². The number of carbonyl (C=O) groups is 2. The Morgan fingerprint density at radius 1 is 1.27 bits per heavy atom. The summed E-state index contributed by atoms with van der Waals surface area (Å²) >= 11 is 5.09. The van der Waals surface area contributed by atoms with E-state index in [1.165, 1.54) is 0 Å². The number of hydrogen-bond acceptors (Lipinski definition) is 3. The van der Waals surface area contributed by atoms with Gasteiger partial charge in [0.1, 0.15) is 6.04 Å². The fourth-order valence-electron chi connectivity index (χ4n) is 1.67. The molecule has 1 unspecified atom stereocenters. The molecule has 6 heteroatoms. The van der Waals surface area contributed by atoms with E-state index in [1.54, 1.807) is 18.7 Å². The third-order valence-corrected chi connectivity index (χ3v) is 4.72. The lowest BCUT2D eigenvalue weighted by atomic mass is 10.1. The summed E-state index contributed by atoms with van der Waals surface area (Å²) in [4.78, 5) is 24.9. The zero-order valence-electron chi connectivity index (χ0n) is 13.4. The molecule has 2 amide bonds. The molecule has 0 aliphatic heterocycles. The van der Waals surface area contributed by atoms with Crippen LogP contribution in [0.2, 0.25) is 0 Å². The molecule has 0 bridgehead atoms. The molecule has 0 aromatic heterocycles. The quantitative estimate of drug-likeness (QED) is 0.736. The van der Waals surface area contributed by atoms with Crippen molar-refractivity contribution in [2.75, 3.05) is 5.75 Å². The van der Waals surface area contributed by atoms with Crippen molar-refractivity contribution < 1.29 is 9.59 Å². The topological polar surface area (TPSA) is 58.2 Å². The Bertz CT molecular complexity index is 529. The van der Waals surface area contributed by atoms with Crippen LogP contribution in [0.5, 0.6) is 0 Å². The van der Waals surface area contributed by atoms with E-state index in [4.69, 9.17) is 0 Å². The predicted molar refractivity (Wildman–Crippen MR) is 95.0 cm³/mol. The van der Waals surface area contributed by atoms with Gasteiger partial charge in [0.2, 0.25) is 11.8 Å². The monoisotopic (exact) mass is 386 g/mol. The van der Waals surface area contributed by atoms with Crippen LogP contribution in [-0.4, -0.2) is 29.1 Å². The summed E-state index contributed by atoms with van der Waals surface area (Å²) in [6.07, 6.45) is 0.374. The molecule has 1 rings (SSSR count). The average molecular weight is 387 g/mol. The van der Waals surface area contributed by atoms with E-state index in [9.17, 15) is 9.59 Å². The molecule has 22 heavy (non-hydrogen) atoms. The molecule has 0 saturated heterocycles. The highest BCUT2D eigenvalue weighted by molar-refractivity contribution is 9.10. The van der Waals surface area contributed by atoms with Gasteiger partial charge in [-0.25, -0.2) is 0 Å². The van der Waals surface area contributed by atoms with Crippen molar-refractivity contribution in [2.24, 2.45) is 0 Å². The number of carbonyl (C=O) groups excluding carboxylic acids is 2. The van der Waals surface area contributed by atoms with Crippen molar-refractivity contribution in [3.05, 3.63) is 28.7 Å². The minimum absolute atomic E-state index is 0.115. The molecule has 0 fully saturated rings. The summed E-state index contributed by atoms with van der Waals surface area (Å²) < 4.78 is 1.03. The van der Waals surface area contributed by atoms with Crippen LogP contribution in [0, 0.1) is 0 Å². The van der Waals surface area contributed by atoms with Crippen LogP contribution in [0.3, 0.4) is 0 Å². The number of nitrogens with one attached hydrogen (secondary N) is 2. The molecule has 0 aliphatic carbocycles. The molecule has 0 heterocycles. The molecular weight excluding hydrogens is 364 g/mol. The Morgan fingerprint density at radius 2 is 1.91 bits per heavy atom. The number of amides is 2. The Morgan fingerprint density at radius 3 is 2.50 bits per heavy atom. The Labute approximate surface area is 144 Å². The van der Waals surface area contributed by atoms with Crippen molar-refractivity contribution >= 4 is 39.5 Å². The molecule has 0 aliphatic rings. The predicted octanol–water partition coefficient (Wildman–Crippen LogP) is 3.35. The average Bonchev–Trinajstić information content (AvgIpc) is 2.39. The van der Waals surface area contributed by atoms with E-state index in [-0.39, 0.29) is 17.4 Å². The molecule has 2 N–H and O–H groups in total. The van der Waals surface area contributed by atoms with Crippen molar-refractivity contribution in [3.63, 3.8) is 0 Å². The van der Waals surface area contributed by atoms with Crippen LogP contribution in [-0.2, 0) is 9.59 Å². The summed E-state index contributed by atoms with van der Waals surface area (Å²) in [5.74, 6) is 0.387. The molecular formula is C16H23BrN2O2S. The van der Waals surface area contributed by atoms with E-state index < -0.39 is 6.04 Å². The van der Waals surface area contributed by atoms with E-state index in [0.717, 1.165) is 9.37 Å². The Hall–Kier alpha value is -1.01. The van der Waals surface area contributed by atoms with Gasteiger partial charge < -0.3 is 10.6 Å². The van der Waals surface area contributed by atoms with Gasteiger partial charge in [-0.15, -0.1) is 11.8 Å². The molecule has 1 aromatic rings. The first-order valence-corrected chi connectivity index (χ1v) is 8.95. The summed E-state index contributed by atoms with van der Waals surface area (Å²) in [7, 11) is 0. The minimum atomic E-state index is -0.528. The van der Waals surface area contributed by atoms with Crippen molar-refractivity contribution in [1.29, 1.82) is 0 Å². The van der Waals surface area contributed by atoms with Gasteiger partial charge in [-0.2, -0.15) is 0 Å². The highest BCUT2D eigenvalue weighted by Gasteiger charge is 2.20. The molecule has 4 nitrogen and oxygen atoms in total. The van der Waals surface area contributed by atoms with Gasteiger partial charge in [0, 0.05) is 27.1 Å². The van der Waals surface area contributed by atoms with Crippen LogP contribution in [0.4, 0.5) is 0 Å². The number of halogens is 1. The first kappa shape index (κ1) is 19.0. The van der Waals surface area contributed by atoms with E-state index in [0.29, 0.717) is 12.2 Å². The van der Waals surface area contributed by atoms with Gasteiger partial charge in [-0.05, 0) is 55.8 Å². The maximum Gasteiger partial charge on any atom is 0.242 e. The summed E-state index contributed by atoms with van der Waals surface area (Å²) in [6, 6.07) is 7.37. The summed E-state index contributed by atoms with van der Waals surface area (Å²) in [5, 5.41) is 5.58. The highest BCUT2D eigenvalue weighted by atomic mass is 79.9. The van der Waals surface area contributed by atoms with Gasteiger partial charge in [-0.3, -0.25) is 9.59 Å². The van der Waals surface area contributed by atoms with E-state index >= 15 is 0 Å². The zero-order valence-corrected chi connectivity index (χ0v) is 15.8. The fraction of sp³-hybridized carbons (Fsp3) is 0.500. The van der Waals surface area contributed by atoms with E-state index in [1.807, 2.05) is 45.0 Å². The molecule has 0 spiro atoms. The summed E-state index contributed by atoms with van der Waals surface area (Å²) in [6.45, 7) is 7.43. The van der Waals surface area contributed by atoms with Crippen LogP contribution < -0.4 is 10.6 Å². The molecule has 0 saturated carbocycles. The van der Waals surface area contributed by atoms with Crippen LogP contribution in [0.25, 0.3) is 0 Å². The minimum Gasteiger partial charge on any atom is -0.350 e. The number of benzene rings is 1. The van der Waals surface area contributed by atoms with Gasteiger partial charge >= 0.3 is 0 Å². The summed E-state index contributed by atoms with van der Waals surface area (Å²) in [5.41, 5.74) is -0.300. The lowest BCUT2D eigenvalue weighted by Crippen LogP contribution is -2.50. The smallest absolute Gasteiger partial charge is 0.242 e. The number of hydrogen-bond donors (Lipinski definition) is 2. The van der Waals surface area contributed by atoms with Crippen LogP contribution >= 0.6 is 27.7 Å². The highest BCUT2D eigenvalue weighted by Crippen LogP contribution is 2.27. The van der Waals surface area contributed by atoms with Crippen LogP contribution in [0.1, 0.15) is 34.1 Å². The maximum absolute atomic E-state index is 11.9. The lowest BCUT2D eigenvalue weighted by Gasteiger charge is -2.23. The SMILES string of the molecule is CC(NC(=O)CCSc1ccccc1Br)C(=O)NC(C)(C)C. The second kappa shape index (κ2) is 8.58. The normalized spacial score (nSPS) is 12.6. The first-order chi connectivity index (χ1) is 10.2. The van der Waals surface area contributed by atoms with Crippen LogP contribution in [0.15, 0.2) is 33.6 Å². The van der Waals surface area contributed by atoms with Gasteiger partial charge in [-0.1, -0.05) is 12.1 Å². The number of rotatable bonds is 6. The molecule has 1 aromatic carbocycles. The number of thioether (sulfide) groups is 1. The van der Waals surface area contributed by atoms with Crippen molar-refractivity contribution in [1.82, 2.24) is 10.6 Å². The standard InChI is InChI=1S/C16H23BrN2O2S/c1-11(15(21)19-16(2,3)4)18-14(20)9-10-22-13-8-6-5-7-12(13)17/h5-8,11H,9-10H2,1-4H3,(H,18,20)(H,19,21). The molecule has 1 atom stereocenters. The lowest BCUT2D eigenvalue weighted by molar-refractivity contribution is -0.129. The second-order valence-electron chi connectivity index (χ2n) is 6.06. The van der Waals surface area contributed by atoms with E-state index in [2.05, 4.69) is 26.6 Å². The molecule has 122 valence electrons. The first-order valence-electron chi connectivity index (χ1n) is 7.18. The van der Waals surface area contributed by atoms with Crippen molar-refractivity contribution in [2.45, 2.75) is 50.6 Å².